The summed E-state index contributed by atoms with van der Waals surface area (Å²) in [5.41, 5.74) is 1.31. The summed E-state index contributed by atoms with van der Waals surface area (Å²) in [5.74, 6) is 0.815. The quantitative estimate of drug-likeness (QED) is 0.779. The molecule has 1 aromatic carbocycles. The molecule has 0 aliphatic carbocycles. The second-order valence-electron chi connectivity index (χ2n) is 6.52. The fourth-order valence-electron chi connectivity index (χ4n) is 3.24. The lowest BCUT2D eigenvalue weighted by Crippen LogP contribution is -2.43. The van der Waals surface area contributed by atoms with Crippen LogP contribution in [0, 0.1) is 5.92 Å². The Morgan fingerprint density at radius 1 is 1.33 bits per heavy atom. The van der Waals surface area contributed by atoms with E-state index in [-0.39, 0.29) is 0 Å². The molecular formula is C18H31N3. The lowest BCUT2D eigenvalue weighted by Gasteiger charge is -2.34. The summed E-state index contributed by atoms with van der Waals surface area (Å²) in [5, 5.41) is 3.73. The number of hydrogen-bond donors (Lipinski definition) is 1. The van der Waals surface area contributed by atoms with Gasteiger partial charge in [-0.15, -0.1) is 0 Å². The van der Waals surface area contributed by atoms with E-state index in [2.05, 4.69) is 66.5 Å². The monoisotopic (exact) mass is 289 g/mol. The molecule has 0 bridgehead atoms. The summed E-state index contributed by atoms with van der Waals surface area (Å²) in [6.07, 6.45) is 3.92. The average Bonchev–Trinajstić information content (AvgIpc) is 2.52. The van der Waals surface area contributed by atoms with Crippen molar-refractivity contribution in [1.29, 1.82) is 0 Å². The zero-order valence-electron chi connectivity index (χ0n) is 13.9. The maximum atomic E-state index is 3.73. The number of rotatable bonds is 7. The second kappa shape index (κ2) is 8.40. The average molecular weight is 289 g/mol. The molecule has 2 atom stereocenters. The van der Waals surface area contributed by atoms with Crippen molar-refractivity contribution in [2.45, 2.75) is 32.2 Å². The Bertz CT molecular complexity index is 393. The minimum atomic E-state index is 0.634. The molecule has 1 fully saturated rings. The molecule has 0 radical (unpaired) electrons. The number of nitrogens with one attached hydrogen (secondary N) is 1. The Hall–Kier alpha value is -1.06. The Balaban J connectivity index is 1.63. The van der Waals surface area contributed by atoms with Gasteiger partial charge in [-0.25, -0.2) is 0 Å². The van der Waals surface area contributed by atoms with Crippen LogP contribution in [-0.2, 0) is 0 Å². The summed E-state index contributed by atoms with van der Waals surface area (Å²) in [7, 11) is 4.42. The Morgan fingerprint density at radius 3 is 2.81 bits per heavy atom. The Morgan fingerprint density at radius 2 is 2.10 bits per heavy atom. The maximum Gasteiger partial charge on any atom is 0.0363 e. The first-order valence-electron chi connectivity index (χ1n) is 8.35. The second-order valence-corrected chi connectivity index (χ2v) is 6.52. The van der Waals surface area contributed by atoms with E-state index in [0.717, 1.165) is 19.0 Å². The summed E-state index contributed by atoms with van der Waals surface area (Å²) in [6.45, 7) is 7.08. The SMILES string of the molecule is CC(NCCCN(C)c1ccccc1)C1CCCN(C)C1. The van der Waals surface area contributed by atoms with Crippen LogP contribution >= 0.6 is 0 Å². The standard InChI is InChI=1S/C18H31N3/c1-16(17-9-7-13-20(2)15-17)19-12-8-14-21(3)18-10-5-4-6-11-18/h4-6,10-11,16-17,19H,7-9,12-15H2,1-3H3. The first-order valence-corrected chi connectivity index (χ1v) is 8.35. The van der Waals surface area contributed by atoms with Gasteiger partial charge in [-0.2, -0.15) is 0 Å². The lowest BCUT2D eigenvalue weighted by molar-refractivity contribution is 0.179. The fourth-order valence-corrected chi connectivity index (χ4v) is 3.24. The van der Waals surface area contributed by atoms with Gasteiger partial charge in [0.25, 0.3) is 0 Å². The van der Waals surface area contributed by atoms with E-state index in [1.54, 1.807) is 0 Å². The first kappa shape index (κ1) is 16.3. The predicted molar refractivity (Wildman–Crippen MR) is 92.0 cm³/mol. The largest absolute Gasteiger partial charge is 0.375 e. The van der Waals surface area contributed by atoms with Gasteiger partial charge in [0.05, 0.1) is 0 Å². The van der Waals surface area contributed by atoms with Crippen LogP contribution in [0.3, 0.4) is 0 Å². The fraction of sp³-hybridized carbons (Fsp3) is 0.667. The number of hydrogen-bond acceptors (Lipinski definition) is 3. The van der Waals surface area contributed by atoms with Crippen molar-refractivity contribution >= 4 is 5.69 Å². The molecule has 2 unspecified atom stereocenters. The number of para-hydroxylation sites is 1. The summed E-state index contributed by atoms with van der Waals surface area (Å²) < 4.78 is 0. The van der Waals surface area contributed by atoms with Crippen LogP contribution in [0.4, 0.5) is 5.69 Å². The normalized spacial score (nSPS) is 21.2. The molecule has 1 aliphatic rings. The maximum absolute atomic E-state index is 3.73. The molecule has 118 valence electrons. The molecule has 0 saturated carbocycles. The van der Waals surface area contributed by atoms with Gasteiger partial charge < -0.3 is 15.1 Å². The van der Waals surface area contributed by atoms with Crippen LogP contribution in [0.5, 0.6) is 0 Å². The lowest BCUT2D eigenvalue weighted by atomic mass is 9.92. The highest BCUT2D eigenvalue weighted by Gasteiger charge is 2.22. The minimum Gasteiger partial charge on any atom is -0.375 e. The van der Waals surface area contributed by atoms with E-state index in [4.69, 9.17) is 0 Å². The molecular weight excluding hydrogens is 258 g/mol. The van der Waals surface area contributed by atoms with E-state index in [1.807, 2.05) is 0 Å². The van der Waals surface area contributed by atoms with Crippen molar-refractivity contribution in [1.82, 2.24) is 10.2 Å². The van der Waals surface area contributed by atoms with Crippen LogP contribution < -0.4 is 10.2 Å². The van der Waals surface area contributed by atoms with Crippen LogP contribution in [0.1, 0.15) is 26.2 Å². The number of nitrogens with zero attached hydrogens (tertiary/aromatic N) is 2. The molecule has 0 spiro atoms. The molecule has 2 rings (SSSR count). The number of likely N-dealkylation sites (tertiary alicyclic amines) is 1. The molecule has 1 aliphatic heterocycles. The highest BCUT2D eigenvalue weighted by molar-refractivity contribution is 5.44. The molecule has 0 aromatic heterocycles. The zero-order valence-corrected chi connectivity index (χ0v) is 13.9. The summed E-state index contributed by atoms with van der Waals surface area (Å²) in [4.78, 5) is 4.80. The van der Waals surface area contributed by atoms with Crippen molar-refractivity contribution in [2.24, 2.45) is 5.92 Å². The van der Waals surface area contributed by atoms with Crippen LogP contribution in [0.15, 0.2) is 30.3 Å². The van der Waals surface area contributed by atoms with Gasteiger partial charge in [0.1, 0.15) is 0 Å². The molecule has 1 N–H and O–H groups in total. The van der Waals surface area contributed by atoms with Gasteiger partial charge in [-0.05, 0) is 64.4 Å². The smallest absolute Gasteiger partial charge is 0.0363 e. The van der Waals surface area contributed by atoms with Gasteiger partial charge >= 0.3 is 0 Å². The van der Waals surface area contributed by atoms with E-state index in [9.17, 15) is 0 Å². The number of benzene rings is 1. The van der Waals surface area contributed by atoms with Crippen molar-refractivity contribution in [3.05, 3.63) is 30.3 Å². The minimum absolute atomic E-state index is 0.634. The molecule has 21 heavy (non-hydrogen) atoms. The highest BCUT2D eigenvalue weighted by Crippen LogP contribution is 2.18. The molecule has 0 amide bonds. The van der Waals surface area contributed by atoms with E-state index in [0.29, 0.717) is 6.04 Å². The zero-order chi connectivity index (χ0) is 15.1. The van der Waals surface area contributed by atoms with E-state index < -0.39 is 0 Å². The molecule has 3 nitrogen and oxygen atoms in total. The topological polar surface area (TPSA) is 18.5 Å². The van der Waals surface area contributed by atoms with Crippen molar-refractivity contribution in [2.75, 3.05) is 45.2 Å². The molecule has 1 aromatic rings. The van der Waals surface area contributed by atoms with Crippen LogP contribution in [0.2, 0.25) is 0 Å². The van der Waals surface area contributed by atoms with E-state index in [1.165, 1.54) is 38.0 Å². The van der Waals surface area contributed by atoms with Crippen molar-refractivity contribution in [3.8, 4) is 0 Å². The third-order valence-corrected chi connectivity index (χ3v) is 4.70. The third-order valence-electron chi connectivity index (χ3n) is 4.70. The van der Waals surface area contributed by atoms with Gasteiger partial charge in [0.2, 0.25) is 0 Å². The summed E-state index contributed by atoms with van der Waals surface area (Å²) >= 11 is 0. The van der Waals surface area contributed by atoms with Gasteiger partial charge in [0.15, 0.2) is 0 Å². The Kier molecular flexibility index (Phi) is 6.52. The molecule has 1 heterocycles. The molecule has 3 heteroatoms. The third kappa shape index (κ3) is 5.33. The van der Waals surface area contributed by atoms with Gasteiger partial charge in [-0.1, -0.05) is 18.2 Å². The van der Waals surface area contributed by atoms with Crippen molar-refractivity contribution in [3.63, 3.8) is 0 Å². The molecule has 1 saturated heterocycles. The van der Waals surface area contributed by atoms with Gasteiger partial charge in [-0.3, -0.25) is 0 Å². The Labute approximate surface area is 130 Å². The van der Waals surface area contributed by atoms with Gasteiger partial charge in [0, 0.05) is 31.9 Å². The number of anilines is 1. The summed E-state index contributed by atoms with van der Waals surface area (Å²) in [6, 6.07) is 11.3. The first-order chi connectivity index (χ1) is 10.2. The number of piperidine rings is 1. The van der Waals surface area contributed by atoms with Crippen LogP contribution in [0.25, 0.3) is 0 Å². The van der Waals surface area contributed by atoms with Crippen molar-refractivity contribution < 1.29 is 0 Å². The van der Waals surface area contributed by atoms with Crippen LogP contribution in [-0.4, -0.2) is 51.2 Å². The predicted octanol–water partition coefficient (Wildman–Crippen LogP) is 2.83. The van der Waals surface area contributed by atoms with E-state index >= 15 is 0 Å². The highest BCUT2D eigenvalue weighted by atomic mass is 15.1.